The highest BCUT2D eigenvalue weighted by atomic mass is 35.5. The number of halogens is 2. The van der Waals surface area contributed by atoms with Crippen molar-refractivity contribution in [3.63, 3.8) is 0 Å². The van der Waals surface area contributed by atoms with Crippen LogP contribution in [0.1, 0.15) is 38.9 Å². The number of nitrogens with zero attached hydrogens (tertiary/aromatic N) is 3. The third-order valence-corrected chi connectivity index (χ3v) is 5.38. The van der Waals surface area contributed by atoms with Crippen LogP contribution in [0.15, 0.2) is 27.8 Å². The Bertz CT molecular complexity index is 1210. The number of ether oxygens (including phenoxy) is 1. The van der Waals surface area contributed by atoms with E-state index in [1.165, 1.54) is 10.6 Å². The van der Waals surface area contributed by atoms with E-state index in [4.69, 9.17) is 27.9 Å². The molecule has 11 heteroatoms. The maximum Gasteiger partial charge on any atom is 0.412 e. The van der Waals surface area contributed by atoms with E-state index in [-0.39, 0.29) is 6.61 Å². The van der Waals surface area contributed by atoms with Crippen molar-refractivity contribution in [1.82, 2.24) is 19.1 Å². The van der Waals surface area contributed by atoms with E-state index in [9.17, 15) is 14.4 Å². The molecule has 3 aromatic rings. The SMILES string of the molecule is CCCCn1c(=O)[nH]c(=O)c2c1nc(COC(=O)Nc1ccc(Cl)c(Cl)c1)n2CCC. The lowest BCUT2D eigenvalue weighted by Gasteiger charge is -2.09. The van der Waals surface area contributed by atoms with E-state index in [1.807, 2.05) is 13.8 Å². The lowest BCUT2D eigenvalue weighted by atomic mass is 10.3. The fourth-order valence-electron chi connectivity index (χ4n) is 3.17. The van der Waals surface area contributed by atoms with Crippen molar-refractivity contribution in [3.05, 3.63) is 54.9 Å². The number of rotatable bonds is 8. The second kappa shape index (κ2) is 10.0. The summed E-state index contributed by atoms with van der Waals surface area (Å²) in [5.74, 6) is 0.377. The Morgan fingerprint density at radius 3 is 2.58 bits per heavy atom. The van der Waals surface area contributed by atoms with Gasteiger partial charge in [0.25, 0.3) is 5.56 Å². The van der Waals surface area contributed by atoms with Crippen molar-refractivity contribution in [2.45, 2.75) is 52.8 Å². The van der Waals surface area contributed by atoms with Gasteiger partial charge in [0.05, 0.1) is 10.0 Å². The average Bonchev–Trinajstić information content (AvgIpc) is 3.08. The molecule has 2 aromatic heterocycles. The molecule has 0 fully saturated rings. The first-order valence-corrected chi connectivity index (χ1v) is 10.7. The summed E-state index contributed by atoms with van der Waals surface area (Å²) in [4.78, 5) is 43.9. The molecule has 1 aromatic carbocycles. The minimum absolute atomic E-state index is 0.177. The van der Waals surface area contributed by atoms with Crippen LogP contribution in [0.2, 0.25) is 10.0 Å². The smallest absolute Gasteiger partial charge is 0.412 e. The topological polar surface area (TPSA) is 111 Å². The van der Waals surface area contributed by atoms with E-state index in [0.717, 1.165) is 19.3 Å². The van der Waals surface area contributed by atoms with Crippen LogP contribution in [0.3, 0.4) is 0 Å². The Kier molecular flexibility index (Phi) is 7.40. The lowest BCUT2D eigenvalue weighted by Crippen LogP contribution is -2.31. The highest BCUT2D eigenvalue weighted by Gasteiger charge is 2.19. The van der Waals surface area contributed by atoms with Crippen molar-refractivity contribution >= 4 is 46.1 Å². The molecule has 0 saturated carbocycles. The number of anilines is 1. The van der Waals surface area contributed by atoms with Crippen molar-refractivity contribution in [3.8, 4) is 0 Å². The molecule has 2 N–H and O–H groups in total. The van der Waals surface area contributed by atoms with Crippen molar-refractivity contribution in [2.24, 2.45) is 0 Å². The molecule has 2 heterocycles. The van der Waals surface area contributed by atoms with E-state index in [1.54, 1.807) is 16.7 Å². The maximum absolute atomic E-state index is 12.5. The molecule has 0 spiro atoms. The number of unbranched alkanes of at least 4 members (excludes halogenated alkanes) is 1. The number of H-pyrrole nitrogens is 1. The van der Waals surface area contributed by atoms with Crippen molar-refractivity contribution in [1.29, 1.82) is 0 Å². The van der Waals surface area contributed by atoms with Crippen LogP contribution in [0.5, 0.6) is 0 Å². The van der Waals surface area contributed by atoms with E-state index in [0.29, 0.717) is 45.8 Å². The van der Waals surface area contributed by atoms with Gasteiger partial charge in [0.15, 0.2) is 17.8 Å². The number of aromatic nitrogens is 4. The summed E-state index contributed by atoms with van der Waals surface area (Å²) in [6.45, 7) is 4.70. The Balaban J connectivity index is 1.88. The number of hydrogen-bond acceptors (Lipinski definition) is 5. The molecular weight excluding hydrogens is 445 g/mol. The summed E-state index contributed by atoms with van der Waals surface area (Å²) in [6.07, 6.45) is 1.65. The first-order chi connectivity index (χ1) is 14.8. The molecule has 1 amide bonds. The van der Waals surface area contributed by atoms with Gasteiger partial charge in [-0.1, -0.05) is 43.5 Å². The number of aromatic amines is 1. The van der Waals surface area contributed by atoms with Gasteiger partial charge >= 0.3 is 11.8 Å². The molecule has 0 atom stereocenters. The number of fused-ring (bicyclic) bond motifs is 1. The number of carbonyl (C=O) groups is 1. The second-order valence-corrected chi connectivity index (χ2v) is 7.76. The summed E-state index contributed by atoms with van der Waals surface area (Å²) >= 11 is 11.8. The van der Waals surface area contributed by atoms with Gasteiger partial charge < -0.3 is 9.30 Å². The number of nitrogens with one attached hydrogen (secondary N) is 2. The van der Waals surface area contributed by atoms with E-state index >= 15 is 0 Å². The van der Waals surface area contributed by atoms with Gasteiger partial charge in [0, 0.05) is 18.8 Å². The molecular formula is C20H23Cl2N5O4. The fourth-order valence-corrected chi connectivity index (χ4v) is 3.47. The summed E-state index contributed by atoms with van der Waals surface area (Å²) in [5.41, 5.74) is -0.0105. The highest BCUT2D eigenvalue weighted by Crippen LogP contribution is 2.25. The number of hydrogen-bond donors (Lipinski definition) is 2. The third kappa shape index (κ3) is 5.11. The Labute approximate surface area is 187 Å². The van der Waals surface area contributed by atoms with Gasteiger partial charge in [-0.2, -0.15) is 0 Å². The minimum atomic E-state index is -0.717. The van der Waals surface area contributed by atoms with Gasteiger partial charge in [-0.25, -0.2) is 14.6 Å². The lowest BCUT2D eigenvalue weighted by molar-refractivity contribution is 0.150. The molecule has 3 rings (SSSR count). The Morgan fingerprint density at radius 1 is 1.13 bits per heavy atom. The van der Waals surface area contributed by atoms with Crippen LogP contribution in [-0.4, -0.2) is 25.2 Å². The average molecular weight is 468 g/mol. The van der Waals surface area contributed by atoms with Crippen LogP contribution < -0.4 is 16.6 Å². The summed E-state index contributed by atoms with van der Waals surface area (Å²) in [7, 11) is 0. The van der Waals surface area contributed by atoms with Crippen molar-refractivity contribution in [2.75, 3.05) is 5.32 Å². The van der Waals surface area contributed by atoms with Gasteiger partial charge in [-0.05, 0) is 31.0 Å². The van der Waals surface area contributed by atoms with E-state index < -0.39 is 17.3 Å². The number of imidazole rings is 1. The van der Waals surface area contributed by atoms with E-state index in [2.05, 4.69) is 15.3 Å². The molecule has 0 aliphatic rings. The first kappa shape index (κ1) is 22.9. The number of benzene rings is 1. The molecule has 166 valence electrons. The van der Waals surface area contributed by atoms with Gasteiger partial charge in [-0.15, -0.1) is 0 Å². The van der Waals surface area contributed by atoms with Crippen LogP contribution in [0.4, 0.5) is 10.5 Å². The highest BCUT2D eigenvalue weighted by molar-refractivity contribution is 6.42. The number of amides is 1. The molecule has 0 bridgehead atoms. The van der Waals surface area contributed by atoms with Crippen molar-refractivity contribution < 1.29 is 9.53 Å². The van der Waals surface area contributed by atoms with Crippen LogP contribution >= 0.6 is 23.2 Å². The van der Waals surface area contributed by atoms with Crippen LogP contribution in [-0.2, 0) is 24.4 Å². The zero-order chi connectivity index (χ0) is 22.5. The predicted molar refractivity (Wildman–Crippen MR) is 120 cm³/mol. The molecule has 31 heavy (non-hydrogen) atoms. The molecule has 0 aliphatic heterocycles. The summed E-state index contributed by atoms with van der Waals surface area (Å²) in [6, 6.07) is 4.65. The largest absolute Gasteiger partial charge is 0.441 e. The van der Waals surface area contributed by atoms with Crippen LogP contribution in [0.25, 0.3) is 11.2 Å². The number of carbonyl (C=O) groups excluding carboxylic acids is 1. The van der Waals surface area contributed by atoms with Gasteiger partial charge in [-0.3, -0.25) is 19.7 Å². The summed E-state index contributed by atoms with van der Waals surface area (Å²) < 4.78 is 8.43. The minimum Gasteiger partial charge on any atom is -0.441 e. The fraction of sp³-hybridized carbons (Fsp3) is 0.400. The predicted octanol–water partition coefficient (Wildman–Crippen LogP) is 4.15. The normalized spacial score (nSPS) is 11.1. The number of aryl methyl sites for hydroxylation is 2. The van der Waals surface area contributed by atoms with Gasteiger partial charge in [0.2, 0.25) is 0 Å². The standard InChI is InChI=1S/C20H23Cl2N5O4/c1-3-5-9-27-17-16(18(28)25-19(27)29)26(8-4-2)15(24-17)11-31-20(30)23-12-6-7-13(21)14(22)10-12/h6-7,10H,3-5,8-9,11H2,1-2H3,(H,23,30)(H,25,28,29). The van der Waals surface area contributed by atoms with Gasteiger partial charge in [0.1, 0.15) is 5.82 Å². The first-order valence-electron chi connectivity index (χ1n) is 9.96. The third-order valence-electron chi connectivity index (χ3n) is 4.65. The molecule has 0 aliphatic carbocycles. The molecule has 0 unspecified atom stereocenters. The van der Waals surface area contributed by atoms with Crippen LogP contribution in [0, 0.1) is 0 Å². The second-order valence-electron chi connectivity index (χ2n) is 6.95. The quantitative estimate of drug-likeness (QED) is 0.516. The zero-order valence-corrected chi connectivity index (χ0v) is 18.7. The zero-order valence-electron chi connectivity index (χ0n) is 17.2. The Hall–Kier alpha value is -2.78. The molecule has 9 nitrogen and oxygen atoms in total. The molecule has 0 saturated heterocycles. The Morgan fingerprint density at radius 2 is 1.90 bits per heavy atom. The monoisotopic (exact) mass is 467 g/mol. The maximum atomic E-state index is 12.5. The molecule has 0 radical (unpaired) electrons. The summed E-state index contributed by atoms with van der Waals surface area (Å²) in [5, 5.41) is 3.23.